The lowest BCUT2D eigenvalue weighted by Crippen LogP contribution is -2.49. The van der Waals surface area contributed by atoms with Crippen LogP contribution in [0.2, 0.25) is 0 Å². The molecule has 5 rings (SSSR count). The van der Waals surface area contributed by atoms with Crippen molar-refractivity contribution in [2.75, 3.05) is 0 Å². The molecule has 1 N–H and O–H groups in total. The van der Waals surface area contributed by atoms with Gasteiger partial charge in [-0.2, -0.15) is 13.2 Å². The maximum absolute atomic E-state index is 13.0. The Labute approximate surface area is 201 Å². The van der Waals surface area contributed by atoms with Gasteiger partial charge in [-0.3, -0.25) is 14.6 Å². The van der Waals surface area contributed by atoms with Crippen LogP contribution < -0.4 is 0 Å². The van der Waals surface area contributed by atoms with Gasteiger partial charge < -0.3 is 9.84 Å². The van der Waals surface area contributed by atoms with E-state index in [-0.39, 0.29) is 47.4 Å². The molecule has 2 saturated carbocycles. The number of cyclic esters (lactones) is 1. The second kappa shape index (κ2) is 8.90. The van der Waals surface area contributed by atoms with Crippen LogP contribution in [0.15, 0.2) is 48.7 Å². The van der Waals surface area contributed by atoms with Crippen molar-refractivity contribution in [1.29, 1.82) is 0 Å². The number of pyridine rings is 1. The quantitative estimate of drug-likeness (QED) is 0.624. The molecule has 1 saturated heterocycles. The van der Waals surface area contributed by atoms with E-state index in [9.17, 15) is 27.9 Å². The summed E-state index contributed by atoms with van der Waals surface area (Å²) in [5.41, 5.74) is 0.909. The standard InChI is InChI=1S/C27H26F3NO4/c1-14-24-20(19-9-10-23(32)25(33)21(19)12-22(24)26(34)35-14)8-7-18-6-5-16(13-31-18)15-3-2-4-17(11-15)27(28,29)30/h2-8,11,13-14,19-24,32H,9-10,12H2,1H3/b8-7+/t14-,19+,20+,21+,22-,23-,24+/m1/s1. The van der Waals surface area contributed by atoms with Crippen molar-refractivity contribution in [3.8, 4) is 11.1 Å². The summed E-state index contributed by atoms with van der Waals surface area (Å²) >= 11 is 0. The zero-order valence-electron chi connectivity index (χ0n) is 19.1. The highest BCUT2D eigenvalue weighted by molar-refractivity contribution is 5.87. The van der Waals surface area contributed by atoms with Crippen LogP contribution in [-0.4, -0.2) is 34.1 Å². The summed E-state index contributed by atoms with van der Waals surface area (Å²) in [4.78, 5) is 29.6. The van der Waals surface area contributed by atoms with Gasteiger partial charge in [-0.15, -0.1) is 0 Å². The van der Waals surface area contributed by atoms with E-state index in [1.807, 2.05) is 19.1 Å². The number of allylic oxidation sites excluding steroid dienone is 1. The molecule has 35 heavy (non-hydrogen) atoms. The van der Waals surface area contributed by atoms with E-state index < -0.39 is 17.8 Å². The lowest BCUT2D eigenvalue weighted by molar-refractivity contribution is -0.146. The number of carbonyl (C=O) groups is 2. The Balaban J connectivity index is 1.40. The summed E-state index contributed by atoms with van der Waals surface area (Å²) < 4.78 is 44.6. The lowest BCUT2D eigenvalue weighted by Gasteiger charge is -2.45. The summed E-state index contributed by atoms with van der Waals surface area (Å²) in [6.45, 7) is 1.88. The molecule has 3 aliphatic rings. The van der Waals surface area contributed by atoms with Crippen molar-refractivity contribution >= 4 is 17.8 Å². The molecule has 3 fully saturated rings. The van der Waals surface area contributed by atoms with Crippen molar-refractivity contribution in [2.45, 2.75) is 44.6 Å². The predicted octanol–water partition coefficient (Wildman–Crippen LogP) is 4.93. The van der Waals surface area contributed by atoms with Gasteiger partial charge in [0, 0.05) is 23.6 Å². The summed E-state index contributed by atoms with van der Waals surface area (Å²) in [5.74, 6) is -1.32. The molecule has 2 aliphatic carbocycles. The third kappa shape index (κ3) is 4.40. The Morgan fingerprint density at radius 3 is 2.60 bits per heavy atom. The van der Waals surface area contributed by atoms with E-state index in [2.05, 4.69) is 4.98 Å². The second-order valence-corrected chi connectivity index (χ2v) is 9.81. The molecule has 0 amide bonds. The zero-order chi connectivity index (χ0) is 24.9. The smallest absolute Gasteiger partial charge is 0.416 e. The van der Waals surface area contributed by atoms with Crippen LogP contribution >= 0.6 is 0 Å². The van der Waals surface area contributed by atoms with Crippen molar-refractivity contribution in [3.63, 3.8) is 0 Å². The lowest BCUT2D eigenvalue weighted by atomic mass is 9.56. The molecule has 0 bridgehead atoms. The van der Waals surface area contributed by atoms with Crippen LogP contribution in [0.4, 0.5) is 13.2 Å². The van der Waals surface area contributed by atoms with Crippen LogP contribution in [0.5, 0.6) is 0 Å². The molecule has 1 aromatic heterocycles. The number of rotatable bonds is 3. The van der Waals surface area contributed by atoms with Gasteiger partial charge in [-0.1, -0.05) is 24.3 Å². The molecule has 2 aromatic rings. The predicted molar refractivity (Wildman–Crippen MR) is 122 cm³/mol. The van der Waals surface area contributed by atoms with Gasteiger partial charge >= 0.3 is 12.1 Å². The number of carbonyl (C=O) groups excluding carboxylic acids is 2. The topological polar surface area (TPSA) is 76.5 Å². The van der Waals surface area contributed by atoms with Gasteiger partial charge in [0.15, 0.2) is 5.78 Å². The molecule has 2 heterocycles. The normalized spacial score (nSPS) is 32.9. The average molecular weight is 486 g/mol. The maximum atomic E-state index is 13.0. The fourth-order valence-electron chi connectivity index (χ4n) is 6.16. The van der Waals surface area contributed by atoms with E-state index in [1.54, 1.807) is 18.2 Å². The third-order valence-electron chi connectivity index (χ3n) is 7.84. The number of hydrogen-bond donors (Lipinski definition) is 1. The molecular formula is C27H26F3NO4. The highest BCUT2D eigenvalue weighted by Gasteiger charge is 2.56. The highest BCUT2D eigenvalue weighted by atomic mass is 19.4. The number of benzene rings is 1. The van der Waals surface area contributed by atoms with Crippen LogP contribution in [0.25, 0.3) is 17.2 Å². The Bertz CT molecular complexity index is 1160. The number of halogens is 3. The summed E-state index contributed by atoms with van der Waals surface area (Å²) in [7, 11) is 0. The van der Waals surface area contributed by atoms with Crippen molar-refractivity contribution in [1.82, 2.24) is 4.98 Å². The largest absolute Gasteiger partial charge is 0.462 e. The summed E-state index contributed by atoms with van der Waals surface area (Å²) in [6.07, 6.45) is 1.23. The van der Waals surface area contributed by atoms with E-state index >= 15 is 0 Å². The van der Waals surface area contributed by atoms with Crippen molar-refractivity contribution in [3.05, 3.63) is 59.9 Å². The van der Waals surface area contributed by atoms with E-state index in [1.165, 1.54) is 12.3 Å². The number of aliphatic hydroxyl groups is 1. The Morgan fingerprint density at radius 2 is 1.89 bits per heavy atom. The zero-order valence-corrected chi connectivity index (χ0v) is 19.1. The summed E-state index contributed by atoms with van der Waals surface area (Å²) in [6, 6.07) is 8.57. The van der Waals surface area contributed by atoms with Crippen molar-refractivity contribution in [2.24, 2.45) is 29.6 Å². The number of aromatic nitrogens is 1. The monoisotopic (exact) mass is 485 g/mol. The molecule has 0 unspecified atom stereocenters. The molecule has 184 valence electrons. The fraction of sp³-hybridized carbons (Fsp3) is 0.444. The minimum atomic E-state index is -4.42. The number of ether oxygens (including phenoxy) is 1. The second-order valence-electron chi connectivity index (χ2n) is 9.81. The molecule has 0 spiro atoms. The average Bonchev–Trinajstić information content (AvgIpc) is 3.12. The van der Waals surface area contributed by atoms with E-state index in [0.717, 1.165) is 12.1 Å². The Hall–Kier alpha value is -3.00. The minimum Gasteiger partial charge on any atom is -0.462 e. The first-order chi connectivity index (χ1) is 16.6. The highest BCUT2D eigenvalue weighted by Crippen LogP contribution is 2.52. The third-order valence-corrected chi connectivity index (χ3v) is 7.84. The molecule has 5 nitrogen and oxygen atoms in total. The number of fused-ring (bicyclic) bond motifs is 2. The van der Waals surface area contributed by atoms with Crippen LogP contribution in [0.3, 0.4) is 0 Å². The minimum absolute atomic E-state index is 0.0183. The molecule has 8 heteroatoms. The van der Waals surface area contributed by atoms with Gasteiger partial charge in [0.05, 0.1) is 17.2 Å². The number of Topliss-reactive ketones (excluding diaryl/α,β-unsaturated/α-hetero) is 1. The van der Waals surface area contributed by atoms with Gasteiger partial charge in [0.1, 0.15) is 12.2 Å². The number of esters is 1. The van der Waals surface area contributed by atoms with Gasteiger partial charge in [-0.05, 0) is 67.9 Å². The Kier molecular flexibility index (Phi) is 6.03. The number of aliphatic hydroxyl groups excluding tert-OH is 1. The van der Waals surface area contributed by atoms with Crippen LogP contribution in [0.1, 0.15) is 37.4 Å². The Morgan fingerprint density at radius 1 is 1.09 bits per heavy atom. The van der Waals surface area contributed by atoms with Gasteiger partial charge in [0.2, 0.25) is 0 Å². The first kappa shape index (κ1) is 23.7. The van der Waals surface area contributed by atoms with Crippen LogP contribution in [-0.2, 0) is 20.5 Å². The number of ketones is 1. The molecule has 0 radical (unpaired) electrons. The van der Waals surface area contributed by atoms with E-state index in [0.29, 0.717) is 36.1 Å². The molecule has 7 atom stereocenters. The number of alkyl halides is 3. The molecule has 1 aliphatic heterocycles. The number of hydrogen-bond acceptors (Lipinski definition) is 5. The molecule has 1 aromatic carbocycles. The maximum Gasteiger partial charge on any atom is 0.416 e. The van der Waals surface area contributed by atoms with Gasteiger partial charge in [0.25, 0.3) is 0 Å². The number of nitrogens with zero attached hydrogens (tertiary/aromatic N) is 1. The summed E-state index contributed by atoms with van der Waals surface area (Å²) in [5, 5.41) is 10.1. The fourth-order valence-corrected chi connectivity index (χ4v) is 6.16. The first-order valence-electron chi connectivity index (χ1n) is 11.9. The molecular weight excluding hydrogens is 459 g/mol. The SMILES string of the molecule is C[C@H]1OC(=O)[C@@H]2C[C@@H]3C(=O)[C@H](O)CC[C@H]3[C@H](/C=C/c3ccc(-c4cccc(C(F)(F)F)c4)cn3)[C@H]12. The van der Waals surface area contributed by atoms with Crippen molar-refractivity contribution < 1.29 is 32.6 Å². The first-order valence-corrected chi connectivity index (χ1v) is 11.9. The van der Waals surface area contributed by atoms with E-state index in [4.69, 9.17) is 4.74 Å². The van der Waals surface area contributed by atoms with Crippen LogP contribution in [0, 0.1) is 29.6 Å². The van der Waals surface area contributed by atoms with Gasteiger partial charge in [-0.25, -0.2) is 0 Å².